The molecule has 0 saturated carbocycles. The van der Waals surface area contributed by atoms with Crippen LogP contribution in [-0.2, 0) is 0 Å². The van der Waals surface area contributed by atoms with Gasteiger partial charge in [0.15, 0.2) is 0 Å². The Morgan fingerprint density at radius 2 is 1.95 bits per heavy atom. The molecule has 1 unspecified atom stereocenters. The number of halogens is 1. The Labute approximate surface area is 122 Å². The lowest BCUT2D eigenvalue weighted by Crippen LogP contribution is -2.29. The van der Waals surface area contributed by atoms with Crippen LogP contribution in [0.1, 0.15) is 17.2 Å². The zero-order valence-electron chi connectivity index (χ0n) is 10.8. The zero-order valence-corrected chi connectivity index (χ0v) is 11.5. The molecule has 0 spiro atoms. The molecule has 3 N–H and O–H groups in total. The maximum absolute atomic E-state index is 6.07. The van der Waals surface area contributed by atoms with E-state index in [1.807, 2.05) is 42.6 Å². The number of benzene rings is 2. The number of fused-ring (bicyclic) bond motifs is 1. The fourth-order valence-electron chi connectivity index (χ4n) is 2.44. The second-order valence-electron chi connectivity index (χ2n) is 4.60. The largest absolute Gasteiger partial charge is 0.271 e. The Morgan fingerprint density at radius 1 is 1.10 bits per heavy atom. The molecule has 0 fully saturated rings. The minimum atomic E-state index is -0.124. The summed E-state index contributed by atoms with van der Waals surface area (Å²) < 4.78 is 0. The van der Waals surface area contributed by atoms with Gasteiger partial charge in [0.05, 0.1) is 6.04 Å². The summed E-state index contributed by atoms with van der Waals surface area (Å²) in [5, 5.41) is 2.92. The van der Waals surface area contributed by atoms with Gasteiger partial charge in [0.25, 0.3) is 0 Å². The van der Waals surface area contributed by atoms with Crippen molar-refractivity contribution in [3.8, 4) is 0 Å². The Balaban J connectivity index is 2.17. The first kappa shape index (κ1) is 13.1. The summed E-state index contributed by atoms with van der Waals surface area (Å²) in [6.45, 7) is 0. The number of nitrogens with zero attached hydrogens (tertiary/aromatic N) is 1. The molecule has 3 aromatic rings. The highest BCUT2D eigenvalue weighted by atomic mass is 35.5. The normalized spacial score (nSPS) is 12.5. The molecule has 0 bridgehead atoms. The van der Waals surface area contributed by atoms with Crippen molar-refractivity contribution in [1.82, 2.24) is 10.4 Å². The van der Waals surface area contributed by atoms with E-state index in [-0.39, 0.29) is 6.04 Å². The Kier molecular flexibility index (Phi) is 3.65. The molecule has 0 aliphatic carbocycles. The van der Waals surface area contributed by atoms with Crippen LogP contribution in [0.25, 0.3) is 10.8 Å². The van der Waals surface area contributed by atoms with Crippen molar-refractivity contribution in [1.29, 1.82) is 0 Å². The Morgan fingerprint density at radius 3 is 2.75 bits per heavy atom. The second kappa shape index (κ2) is 5.59. The van der Waals surface area contributed by atoms with Crippen molar-refractivity contribution in [2.24, 2.45) is 5.84 Å². The number of pyridine rings is 1. The molecule has 4 heteroatoms. The molecule has 0 amide bonds. The molecule has 0 saturated heterocycles. The summed E-state index contributed by atoms with van der Waals surface area (Å²) >= 11 is 6.07. The number of nitrogens with one attached hydrogen (secondary N) is 1. The van der Waals surface area contributed by atoms with Crippen LogP contribution < -0.4 is 11.3 Å². The van der Waals surface area contributed by atoms with Crippen LogP contribution in [0.15, 0.2) is 60.9 Å². The van der Waals surface area contributed by atoms with Gasteiger partial charge in [-0.3, -0.25) is 10.8 Å². The molecule has 20 heavy (non-hydrogen) atoms. The summed E-state index contributed by atoms with van der Waals surface area (Å²) in [7, 11) is 0. The molecule has 1 aromatic heterocycles. The number of hydrogen-bond acceptors (Lipinski definition) is 3. The number of aromatic nitrogens is 1. The average Bonchev–Trinajstić information content (AvgIpc) is 2.48. The molecule has 3 nitrogen and oxygen atoms in total. The quantitative estimate of drug-likeness (QED) is 0.572. The van der Waals surface area contributed by atoms with Gasteiger partial charge in [0, 0.05) is 22.8 Å². The molecule has 100 valence electrons. The highest BCUT2D eigenvalue weighted by Gasteiger charge is 2.15. The van der Waals surface area contributed by atoms with E-state index in [2.05, 4.69) is 22.5 Å². The monoisotopic (exact) mass is 283 g/mol. The molecular formula is C16H14ClN3. The number of hydrazine groups is 1. The van der Waals surface area contributed by atoms with Crippen LogP contribution in [-0.4, -0.2) is 4.98 Å². The van der Waals surface area contributed by atoms with Gasteiger partial charge in [0.2, 0.25) is 0 Å². The van der Waals surface area contributed by atoms with E-state index in [1.165, 1.54) is 0 Å². The topological polar surface area (TPSA) is 50.9 Å². The molecule has 2 aromatic carbocycles. The van der Waals surface area contributed by atoms with Gasteiger partial charge in [0.1, 0.15) is 0 Å². The first-order valence-corrected chi connectivity index (χ1v) is 6.71. The predicted molar refractivity (Wildman–Crippen MR) is 82.4 cm³/mol. The zero-order chi connectivity index (χ0) is 13.9. The highest BCUT2D eigenvalue weighted by Crippen LogP contribution is 2.29. The van der Waals surface area contributed by atoms with Gasteiger partial charge in [-0.2, -0.15) is 0 Å². The second-order valence-corrected chi connectivity index (χ2v) is 5.04. The van der Waals surface area contributed by atoms with E-state index in [9.17, 15) is 0 Å². The third-order valence-corrected chi connectivity index (χ3v) is 3.61. The van der Waals surface area contributed by atoms with E-state index in [4.69, 9.17) is 17.4 Å². The van der Waals surface area contributed by atoms with E-state index in [0.29, 0.717) is 5.02 Å². The van der Waals surface area contributed by atoms with Crippen LogP contribution in [0.4, 0.5) is 0 Å². The lowest BCUT2D eigenvalue weighted by molar-refractivity contribution is 0.641. The lowest BCUT2D eigenvalue weighted by atomic mass is 9.95. The molecular weight excluding hydrogens is 270 g/mol. The minimum absolute atomic E-state index is 0.124. The fraction of sp³-hybridized carbons (Fsp3) is 0.0625. The molecule has 0 aliphatic heterocycles. The van der Waals surface area contributed by atoms with E-state index in [0.717, 1.165) is 21.9 Å². The molecule has 0 radical (unpaired) electrons. The summed E-state index contributed by atoms with van der Waals surface area (Å²) in [4.78, 5) is 4.21. The summed E-state index contributed by atoms with van der Waals surface area (Å²) in [5.41, 5.74) is 4.98. The lowest BCUT2D eigenvalue weighted by Gasteiger charge is -2.19. The van der Waals surface area contributed by atoms with Gasteiger partial charge < -0.3 is 0 Å². The van der Waals surface area contributed by atoms with E-state index >= 15 is 0 Å². The smallest absolute Gasteiger partial charge is 0.0717 e. The SMILES string of the molecule is NNC(c1cccc(Cl)c1)c1cccc2ccncc12. The van der Waals surface area contributed by atoms with Crippen molar-refractivity contribution in [3.63, 3.8) is 0 Å². The van der Waals surface area contributed by atoms with Crippen molar-refractivity contribution in [2.45, 2.75) is 6.04 Å². The van der Waals surface area contributed by atoms with Crippen molar-refractivity contribution in [2.75, 3.05) is 0 Å². The summed E-state index contributed by atoms with van der Waals surface area (Å²) in [5.74, 6) is 5.76. The number of nitrogens with two attached hydrogens (primary N) is 1. The minimum Gasteiger partial charge on any atom is -0.271 e. The average molecular weight is 284 g/mol. The summed E-state index contributed by atoms with van der Waals surface area (Å²) in [6.07, 6.45) is 3.65. The van der Waals surface area contributed by atoms with E-state index < -0.39 is 0 Å². The fourth-order valence-corrected chi connectivity index (χ4v) is 2.64. The van der Waals surface area contributed by atoms with Gasteiger partial charge >= 0.3 is 0 Å². The van der Waals surface area contributed by atoms with Gasteiger partial charge in [-0.25, -0.2) is 5.43 Å². The molecule has 3 rings (SSSR count). The first-order valence-electron chi connectivity index (χ1n) is 6.34. The van der Waals surface area contributed by atoms with Crippen LogP contribution in [0.2, 0.25) is 5.02 Å². The van der Waals surface area contributed by atoms with Crippen molar-refractivity contribution in [3.05, 3.63) is 77.1 Å². The molecule has 1 atom stereocenters. The van der Waals surface area contributed by atoms with Crippen LogP contribution in [0.3, 0.4) is 0 Å². The number of rotatable bonds is 3. The summed E-state index contributed by atoms with van der Waals surface area (Å²) in [6, 6.07) is 15.7. The first-order chi connectivity index (χ1) is 9.79. The van der Waals surface area contributed by atoms with Gasteiger partial charge in [-0.05, 0) is 34.7 Å². The molecule has 1 heterocycles. The van der Waals surface area contributed by atoms with Crippen molar-refractivity contribution < 1.29 is 0 Å². The Hall–Kier alpha value is -1.94. The predicted octanol–water partition coefficient (Wildman–Crippen LogP) is 3.44. The van der Waals surface area contributed by atoms with Crippen LogP contribution in [0.5, 0.6) is 0 Å². The van der Waals surface area contributed by atoms with Gasteiger partial charge in [-0.15, -0.1) is 0 Å². The van der Waals surface area contributed by atoms with Crippen LogP contribution in [0, 0.1) is 0 Å². The number of hydrogen-bond donors (Lipinski definition) is 2. The van der Waals surface area contributed by atoms with E-state index in [1.54, 1.807) is 6.20 Å². The third-order valence-electron chi connectivity index (χ3n) is 3.38. The van der Waals surface area contributed by atoms with Gasteiger partial charge in [-0.1, -0.05) is 41.9 Å². The maximum Gasteiger partial charge on any atom is 0.0717 e. The standard InChI is InChI=1S/C16H14ClN3/c17-13-5-1-4-12(9-13)16(20-18)14-6-2-3-11-7-8-19-10-15(11)14/h1-10,16,20H,18H2. The maximum atomic E-state index is 6.07. The van der Waals surface area contributed by atoms with Crippen molar-refractivity contribution >= 4 is 22.4 Å². The molecule has 0 aliphatic rings. The third kappa shape index (κ3) is 2.39. The Bertz CT molecular complexity index is 737. The highest BCUT2D eigenvalue weighted by molar-refractivity contribution is 6.30. The van der Waals surface area contributed by atoms with Crippen LogP contribution >= 0.6 is 11.6 Å².